The highest BCUT2D eigenvalue weighted by atomic mass is 16.7. The van der Waals surface area contributed by atoms with Gasteiger partial charge in [0.15, 0.2) is 12.4 Å². The van der Waals surface area contributed by atoms with Gasteiger partial charge in [0.1, 0.15) is 11.5 Å². The molecule has 35 heavy (non-hydrogen) atoms. The lowest BCUT2D eigenvalue weighted by molar-refractivity contribution is -0.201. The molecule has 0 spiro atoms. The average Bonchev–Trinajstić information content (AvgIpc) is 3.15. The van der Waals surface area contributed by atoms with Crippen molar-refractivity contribution in [1.82, 2.24) is 0 Å². The topological polar surface area (TPSA) is 71.1 Å². The second-order valence-corrected chi connectivity index (χ2v) is 9.20. The Morgan fingerprint density at radius 1 is 1.23 bits per heavy atom. The van der Waals surface area contributed by atoms with Gasteiger partial charge in [-0.3, -0.25) is 4.79 Å². The second-order valence-electron chi connectivity index (χ2n) is 9.20. The Morgan fingerprint density at radius 2 is 2.06 bits per heavy atom. The fourth-order valence-electron chi connectivity index (χ4n) is 4.64. The van der Waals surface area contributed by atoms with Crippen LogP contribution in [-0.2, 0) is 23.8 Å². The zero-order valence-corrected chi connectivity index (χ0v) is 20.9. The molecule has 2 fully saturated rings. The van der Waals surface area contributed by atoms with Crippen LogP contribution in [0.15, 0.2) is 60.4 Å². The molecule has 1 aromatic rings. The first-order valence-electron chi connectivity index (χ1n) is 12.7. The lowest BCUT2D eigenvalue weighted by atomic mass is 9.87. The molecule has 0 radical (unpaired) electrons. The van der Waals surface area contributed by atoms with Crippen molar-refractivity contribution < 1.29 is 28.5 Å². The Hall–Kier alpha value is -2.66. The minimum absolute atomic E-state index is 0.0412. The molecule has 1 aliphatic carbocycles. The van der Waals surface area contributed by atoms with E-state index in [-0.39, 0.29) is 18.1 Å². The summed E-state index contributed by atoms with van der Waals surface area (Å²) >= 11 is 0. The predicted octanol–water partition coefficient (Wildman–Crippen LogP) is 5.43. The maximum Gasteiger partial charge on any atom is 0.335 e. The Labute approximate surface area is 209 Å². The molecule has 6 heteroatoms. The maximum absolute atomic E-state index is 12.6. The van der Waals surface area contributed by atoms with E-state index in [2.05, 4.69) is 24.8 Å². The minimum Gasteiger partial charge on any atom is -0.493 e. The van der Waals surface area contributed by atoms with Gasteiger partial charge in [0.05, 0.1) is 13.7 Å². The summed E-state index contributed by atoms with van der Waals surface area (Å²) < 4.78 is 22.0. The number of esters is 1. The van der Waals surface area contributed by atoms with Crippen molar-refractivity contribution in [3.05, 3.63) is 60.4 Å². The third-order valence-corrected chi connectivity index (χ3v) is 6.57. The van der Waals surface area contributed by atoms with Crippen LogP contribution >= 0.6 is 0 Å². The van der Waals surface area contributed by atoms with Crippen LogP contribution in [0.25, 0.3) is 0 Å². The molecule has 0 amide bonds. The summed E-state index contributed by atoms with van der Waals surface area (Å²) in [5, 5.41) is 0. The summed E-state index contributed by atoms with van der Waals surface area (Å²) in [6, 6.07) is 9.77. The molecule has 6 nitrogen and oxygen atoms in total. The molecule has 1 heterocycles. The van der Waals surface area contributed by atoms with Crippen LogP contribution in [0.2, 0.25) is 0 Å². The summed E-state index contributed by atoms with van der Waals surface area (Å²) in [4.78, 5) is 24.7. The number of rotatable bonds is 12. The first kappa shape index (κ1) is 26.9. The molecule has 2 unspecified atom stereocenters. The Bertz CT molecular complexity index is 880. The first-order valence-corrected chi connectivity index (χ1v) is 12.7. The van der Waals surface area contributed by atoms with E-state index in [9.17, 15) is 9.59 Å². The molecule has 1 aromatic carbocycles. The van der Waals surface area contributed by atoms with Gasteiger partial charge < -0.3 is 18.9 Å². The molecule has 190 valence electrons. The van der Waals surface area contributed by atoms with Crippen LogP contribution in [0.1, 0.15) is 51.9 Å². The fourth-order valence-corrected chi connectivity index (χ4v) is 4.64. The monoisotopic (exact) mass is 482 g/mol. The highest BCUT2D eigenvalue weighted by molar-refractivity contribution is 5.84. The lowest BCUT2D eigenvalue weighted by Gasteiger charge is -2.25. The van der Waals surface area contributed by atoms with E-state index in [4.69, 9.17) is 18.9 Å². The van der Waals surface area contributed by atoms with Crippen molar-refractivity contribution in [3.8, 4) is 5.75 Å². The van der Waals surface area contributed by atoms with Crippen LogP contribution in [0.5, 0.6) is 5.75 Å². The molecule has 0 bridgehead atoms. The number of carbonyl (C=O) groups is 2. The molecular formula is C29H38O6. The van der Waals surface area contributed by atoms with Gasteiger partial charge in [0.25, 0.3) is 0 Å². The Balaban J connectivity index is 1.48. The molecule has 5 atom stereocenters. The quantitative estimate of drug-likeness (QED) is 0.171. The van der Waals surface area contributed by atoms with Crippen molar-refractivity contribution in [2.75, 3.05) is 20.3 Å². The number of carbonyl (C=O) groups excluding carboxylic acids is 2. The normalized spacial score (nSPS) is 25.1. The van der Waals surface area contributed by atoms with Crippen molar-refractivity contribution in [3.63, 3.8) is 0 Å². The zero-order chi connectivity index (χ0) is 24.9. The van der Waals surface area contributed by atoms with Gasteiger partial charge in [-0.15, -0.1) is 5.73 Å². The largest absolute Gasteiger partial charge is 0.493 e. The molecular weight excluding hydrogens is 444 g/mol. The third kappa shape index (κ3) is 8.81. The predicted molar refractivity (Wildman–Crippen MR) is 134 cm³/mol. The van der Waals surface area contributed by atoms with Crippen molar-refractivity contribution in [1.29, 1.82) is 0 Å². The number of para-hydroxylation sites is 1. The van der Waals surface area contributed by atoms with E-state index in [1.165, 1.54) is 7.11 Å². The number of benzene rings is 1. The molecule has 2 aliphatic rings. The number of Topliss-reactive ketones (excluding diaryl/α,β-unsaturated/α-hetero) is 1. The van der Waals surface area contributed by atoms with Crippen molar-refractivity contribution in [2.45, 2.75) is 64.3 Å². The van der Waals surface area contributed by atoms with Gasteiger partial charge in [0.2, 0.25) is 0 Å². The first-order chi connectivity index (χ1) is 17.1. The molecule has 1 saturated carbocycles. The minimum atomic E-state index is -0.717. The summed E-state index contributed by atoms with van der Waals surface area (Å²) in [7, 11) is 1.36. The number of allylic oxidation sites excluding steroid dienone is 1. The molecule has 0 aromatic heterocycles. The third-order valence-electron chi connectivity index (χ3n) is 6.57. The standard InChI is InChI=1S/C29H38O6/c1-22-21-26(30)25(24(22)15-9-11-19-33-23-13-5-3-6-14-23)16-7-4-8-17-27(29(31)32-2)35-28-18-10-12-20-34-28/h3,5-9,13-15,22,24-25,27-28H,10-12,16-21H2,1-2H3/b15-9+/t4?,22-,24+,25-,27?,28?/m1/s1. The van der Waals surface area contributed by atoms with Crippen LogP contribution in [-0.4, -0.2) is 44.5 Å². The lowest BCUT2D eigenvalue weighted by Crippen LogP contribution is -2.33. The highest BCUT2D eigenvalue weighted by Gasteiger charge is 2.37. The van der Waals surface area contributed by atoms with Crippen LogP contribution in [0.4, 0.5) is 0 Å². The van der Waals surface area contributed by atoms with E-state index in [1.807, 2.05) is 36.4 Å². The number of ether oxygens (including phenoxy) is 4. The number of hydrogen-bond donors (Lipinski definition) is 0. The Kier molecular flexibility index (Phi) is 11.3. The molecule has 0 N–H and O–H groups in total. The van der Waals surface area contributed by atoms with Gasteiger partial charge in [-0.25, -0.2) is 4.79 Å². The number of hydrogen-bond acceptors (Lipinski definition) is 6. The van der Waals surface area contributed by atoms with Crippen molar-refractivity contribution in [2.24, 2.45) is 17.8 Å². The molecule has 1 aliphatic heterocycles. The van der Waals surface area contributed by atoms with Crippen LogP contribution < -0.4 is 4.74 Å². The molecule has 3 rings (SSSR count). The van der Waals surface area contributed by atoms with E-state index < -0.39 is 12.1 Å². The zero-order valence-electron chi connectivity index (χ0n) is 20.9. The number of ketones is 1. The highest BCUT2D eigenvalue weighted by Crippen LogP contribution is 2.37. The van der Waals surface area contributed by atoms with E-state index in [0.29, 0.717) is 44.2 Å². The second kappa shape index (κ2) is 14.7. The maximum atomic E-state index is 12.6. The van der Waals surface area contributed by atoms with E-state index in [1.54, 1.807) is 6.08 Å². The van der Waals surface area contributed by atoms with Crippen LogP contribution in [0, 0.1) is 17.8 Å². The summed E-state index contributed by atoms with van der Waals surface area (Å²) in [5.41, 5.74) is 3.13. The Morgan fingerprint density at radius 3 is 2.80 bits per heavy atom. The van der Waals surface area contributed by atoms with Gasteiger partial charge in [-0.2, -0.15) is 0 Å². The van der Waals surface area contributed by atoms with E-state index >= 15 is 0 Å². The summed E-state index contributed by atoms with van der Waals surface area (Å²) in [6.45, 7) is 3.40. The number of methoxy groups -OCH3 is 1. The van der Waals surface area contributed by atoms with Crippen molar-refractivity contribution >= 4 is 11.8 Å². The fraction of sp³-hybridized carbons (Fsp3) is 0.552. The van der Waals surface area contributed by atoms with Gasteiger partial charge in [-0.1, -0.05) is 37.3 Å². The summed E-state index contributed by atoms with van der Waals surface area (Å²) in [5.74, 6) is 1.25. The SMILES string of the molecule is COC(=O)C(CC=C=CC[C@H]1C(=O)C[C@@H](C)[C@@H]1/C=C/CCOc1ccccc1)OC1CCCCO1. The van der Waals surface area contributed by atoms with Crippen LogP contribution in [0.3, 0.4) is 0 Å². The van der Waals surface area contributed by atoms with Gasteiger partial charge in [0, 0.05) is 25.4 Å². The van der Waals surface area contributed by atoms with Gasteiger partial charge in [-0.05, 0) is 68.2 Å². The summed E-state index contributed by atoms with van der Waals surface area (Å²) in [6.07, 6.45) is 12.1. The average molecular weight is 483 g/mol. The van der Waals surface area contributed by atoms with E-state index in [0.717, 1.165) is 31.4 Å². The molecule has 1 saturated heterocycles. The smallest absolute Gasteiger partial charge is 0.335 e. The van der Waals surface area contributed by atoms with Gasteiger partial charge >= 0.3 is 5.97 Å².